The molecule has 182 valence electrons. The second-order valence-electron chi connectivity index (χ2n) is 8.69. The van der Waals surface area contributed by atoms with Crippen LogP contribution in [-0.2, 0) is 16.6 Å². The predicted octanol–water partition coefficient (Wildman–Crippen LogP) is 4.01. The van der Waals surface area contributed by atoms with Crippen LogP contribution in [0.5, 0.6) is 0 Å². The Hall–Kier alpha value is -4.14. The lowest BCUT2D eigenvalue weighted by Gasteiger charge is -2.20. The number of hydrogen-bond donors (Lipinski definition) is 3. The van der Waals surface area contributed by atoms with Gasteiger partial charge >= 0.3 is 12.1 Å². The quantitative estimate of drug-likeness (QED) is 0.452. The van der Waals surface area contributed by atoms with Crippen LogP contribution in [0.1, 0.15) is 47.7 Å². The van der Waals surface area contributed by atoms with Crippen molar-refractivity contribution >= 4 is 23.8 Å². The largest absolute Gasteiger partial charge is 0.480 e. The number of ether oxygens (including phenoxy) is 1. The number of fused-ring (bicyclic) bond motifs is 3. The highest BCUT2D eigenvalue weighted by Gasteiger charge is 2.30. The molecule has 2 aromatic carbocycles. The van der Waals surface area contributed by atoms with E-state index < -0.39 is 24.0 Å². The van der Waals surface area contributed by atoms with E-state index in [0.717, 1.165) is 22.3 Å². The summed E-state index contributed by atoms with van der Waals surface area (Å²) in [5, 5.41) is 18.7. The third-order valence-corrected chi connectivity index (χ3v) is 6.40. The van der Waals surface area contributed by atoms with E-state index in [9.17, 15) is 19.5 Å². The van der Waals surface area contributed by atoms with Crippen LogP contribution < -0.4 is 10.6 Å². The maximum absolute atomic E-state index is 12.8. The fourth-order valence-corrected chi connectivity index (χ4v) is 4.38. The van der Waals surface area contributed by atoms with Crippen LogP contribution in [0.15, 0.2) is 54.7 Å². The number of nitrogens with one attached hydrogen (secondary N) is 2. The van der Waals surface area contributed by atoms with Crippen LogP contribution in [0.3, 0.4) is 0 Å². The first-order chi connectivity index (χ1) is 16.8. The van der Waals surface area contributed by atoms with Crippen LogP contribution in [0, 0.1) is 5.92 Å². The first-order valence-corrected chi connectivity index (χ1v) is 11.5. The summed E-state index contributed by atoms with van der Waals surface area (Å²) < 4.78 is 6.91. The normalized spacial score (nSPS) is 13.9. The molecule has 3 aromatic rings. The van der Waals surface area contributed by atoms with Crippen LogP contribution in [0.4, 0.5) is 10.6 Å². The molecule has 1 aromatic heterocycles. The zero-order valence-corrected chi connectivity index (χ0v) is 19.8. The van der Waals surface area contributed by atoms with Gasteiger partial charge in [-0.15, -0.1) is 0 Å². The first-order valence-electron chi connectivity index (χ1n) is 11.5. The van der Waals surface area contributed by atoms with Gasteiger partial charge in [0.2, 0.25) is 0 Å². The summed E-state index contributed by atoms with van der Waals surface area (Å²) in [5.74, 6) is -2.14. The van der Waals surface area contributed by atoms with Gasteiger partial charge in [-0.25, -0.2) is 9.59 Å². The molecule has 0 radical (unpaired) electrons. The van der Waals surface area contributed by atoms with Crippen molar-refractivity contribution in [2.45, 2.75) is 32.2 Å². The standard InChI is InChI=1S/C26H28N4O5/c1-4-15(2)22(25(32)33)27-24(31)20-13-30(3)29-23(20)28-26(34)35-14-21-18-11-7-5-9-16(18)17-10-6-8-12-19(17)21/h5-13,15,21-22H,4,14H2,1-3H3,(H,27,31)(H,32,33)(H,28,29,34)/t15?,22-/m0/s1. The lowest BCUT2D eigenvalue weighted by Crippen LogP contribution is -2.45. The number of carbonyl (C=O) groups is 3. The molecular weight excluding hydrogens is 448 g/mol. The van der Waals surface area contributed by atoms with Crippen molar-refractivity contribution in [2.24, 2.45) is 13.0 Å². The van der Waals surface area contributed by atoms with Crippen LogP contribution >= 0.6 is 0 Å². The number of amides is 2. The van der Waals surface area contributed by atoms with E-state index in [2.05, 4.69) is 27.9 Å². The first kappa shape index (κ1) is 24.0. The van der Waals surface area contributed by atoms with Gasteiger partial charge in [0, 0.05) is 19.2 Å². The maximum Gasteiger partial charge on any atom is 0.412 e. The Labute approximate surface area is 203 Å². The molecule has 2 amide bonds. The van der Waals surface area contributed by atoms with E-state index in [1.807, 2.05) is 43.3 Å². The second kappa shape index (κ2) is 10.0. The maximum atomic E-state index is 12.8. The minimum atomic E-state index is -1.12. The van der Waals surface area contributed by atoms with Gasteiger partial charge in [0.15, 0.2) is 5.82 Å². The third-order valence-electron chi connectivity index (χ3n) is 6.40. The Morgan fingerprint density at radius 2 is 1.69 bits per heavy atom. The molecule has 3 N–H and O–H groups in total. The molecule has 0 spiro atoms. The molecule has 2 atom stereocenters. The number of carboxylic acids is 1. The monoisotopic (exact) mass is 476 g/mol. The number of nitrogens with zero attached hydrogens (tertiary/aromatic N) is 2. The molecule has 1 aliphatic rings. The summed E-state index contributed by atoms with van der Waals surface area (Å²) in [4.78, 5) is 37.1. The Balaban J connectivity index is 1.45. The molecule has 1 unspecified atom stereocenters. The fourth-order valence-electron chi connectivity index (χ4n) is 4.38. The average Bonchev–Trinajstić information content (AvgIpc) is 3.37. The molecule has 1 heterocycles. The van der Waals surface area contributed by atoms with E-state index in [1.165, 1.54) is 10.9 Å². The number of carboxylic acid groups (broad SMARTS) is 1. The number of aromatic nitrogens is 2. The van der Waals surface area contributed by atoms with Gasteiger partial charge in [-0.3, -0.25) is 14.8 Å². The van der Waals surface area contributed by atoms with Gasteiger partial charge in [-0.2, -0.15) is 5.10 Å². The molecule has 1 aliphatic carbocycles. The van der Waals surface area contributed by atoms with E-state index in [-0.39, 0.29) is 29.8 Å². The Morgan fingerprint density at radius 3 is 2.26 bits per heavy atom. The number of benzene rings is 2. The molecule has 0 aliphatic heterocycles. The minimum Gasteiger partial charge on any atom is -0.480 e. The zero-order valence-electron chi connectivity index (χ0n) is 19.8. The van der Waals surface area contributed by atoms with Crippen molar-refractivity contribution in [3.05, 3.63) is 71.4 Å². The van der Waals surface area contributed by atoms with Gasteiger partial charge in [0.05, 0.1) is 0 Å². The fraction of sp³-hybridized carbons (Fsp3) is 0.308. The zero-order chi connectivity index (χ0) is 25.1. The van der Waals surface area contributed by atoms with Crippen molar-refractivity contribution in [3.8, 4) is 11.1 Å². The molecule has 0 saturated carbocycles. The number of aryl methyl sites for hydroxylation is 1. The Kier molecular flexibility index (Phi) is 6.86. The summed E-state index contributed by atoms with van der Waals surface area (Å²) >= 11 is 0. The van der Waals surface area contributed by atoms with E-state index in [1.54, 1.807) is 14.0 Å². The molecular formula is C26H28N4O5. The van der Waals surface area contributed by atoms with Gasteiger partial charge in [0.1, 0.15) is 18.2 Å². The Bertz CT molecular complexity index is 1220. The summed E-state index contributed by atoms with van der Waals surface area (Å²) in [6.07, 6.45) is 1.25. The highest BCUT2D eigenvalue weighted by molar-refractivity contribution is 6.02. The van der Waals surface area contributed by atoms with Gasteiger partial charge in [0.25, 0.3) is 5.91 Å². The van der Waals surface area contributed by atoms with Crippen molar-refractivity contribution in [2.75, 3.05) is 11.9 Å². The SMILES string of the molecule is CCC(C)[C@H](NC(=O)c1cn(C)nc1NC(=O)OCC1c2ccccc2-c2ccccc21)C(=O)O. The minimum absolute atomic E-state index is 0.00416. The van der Waals surface area contributed by atoms with E-state index >= 15 is 0 Å². The van der Waals surface area contributed by atoms with E-state index in [4.69, 9.17) is 4.74 Å². The predicted molar refractivity (Wildman–Crippen MR) is 130 cm³/mol. The lowest BCUT2D eigenvalue weighted by molar-refractivity contribution is -0.140. The second-order valence-corrected chi connectivity index (χ2v) is 8.69. The van der Waals surface area contributed by atoms with Crippen LogP contribution in [0.2, 0.25) is 0 Å². The molecule has 0 saturated heterocycles. The van der Waals surface area contributed by atoms with Crippen LogP contribution in [0.25, 0.3) is 11.1 Å². The molecule has 35 heavy (non-hydrogen) atoms. The molecule has 9 heteroatoms. The molecule has 4 rings (SSSR count). The van der Waals surface area contributed by atoms with Crippen LogP contribution in [-0.4, -0.2) is 45.5 Å². The number of aliphatic carboxylic acids is 1. The topological polar surface area (TPSA) is 123 Å². The summed E-state index contributed by atoms with van der Waals surface area (Å²) in [5.41, 5.74) is 4.47. The number of hydrogen-bond acceptors (Lipinski definition) is 5. The van der Waals surface area contributed by atoms with Crippen molar-refractivity contribution in [1.82, 2.24) is 15.1 Å². The number of rotatable bonds is 8. The average molecular weight is 477 g/mol. The van der Waals surface area contributed by atoms with Gasteiger partial charge in [-0.1, -0.05) is 68.8 Å². The van der Waals surface area contributed by atoms with Crippen molar-refractivity contribution in [3.63, 3.8) is 0 Å². The highest BCUT2D eigenvalue weighted by Crippen LogP contribution is 2.44. The highest BCUT2D eigenvalue weighted by atomic mass is 16.5. The van der Waals surface area contributed by atoms with Gasteiger partial charge < -0.3 is 15.2 Å². The van der Waals surface area contributed by atoms with E-state index in [0.29, 0.717) is 6.42 Å². The summed E-state index contributed by atoms with van der Waals surface area (Å²) in [6, 6.07) is 15.0. The van der Waals surface area contributed by atoms with Crippen molar-refractivity contribution < 1.29 is 24.2 Å². The molecule has 0 fully saturated rings. The number of carbonyl (C=O) groups excluding carboxylic acids is 2. The summed E-state index contributed by atoms with van der Waals surface area (Å²) in [7, 11) is 1.60. The molecule has 9 nitrogen and oxygen atoms in total. The third kappa shape index (κ3) is 4.89. The smallest absolute Gasteiger partial charge is 0.412 e. The number of anilines is 1. The Morgan fingerprint density at radius 1 is 1.09 bits per heavy atom. The lowest BCUT2D eigenvalue weighted by atomic mass is 9.98. The van der Waals surface area contributed by atoms with Crippen molar-refractivity contribution in [1.29, 1.82) is 0 Å². The summed E-state index contributed by atoms with van der Waals surface area (Å²) in [6.45, 7) is 3.71. The van der Waals surface area contributed by atoms with Gasteiger partial charge in [-0.05, 0) is 28.2 Å². The molecule has 0 bridgehead atoms.